The molecule has 0 spiro atoms. The summed E-state index contributed by atoms with van der Waals surface area (Å²) in [7, 11) is 0. The number of benzene rings is 2. The highest BCUT2D eigenvalue weighted by Crippen LogP contribution is 2.23. The third-order valence-electron chi connectivity index (χ3n) is 2.65. The van der Waals surface area contributed by atoms with Crippen LogP contribution in [0.25, 0.3) is 0 Å². The van der Waals surface area contributed by atoms with E-state index >= 15 is 0 Å². The number of nitrogens with one attached hydrogen (secondary N) is 1. The molecule has 0 atom stereocenters. The van der Waals surface area contributed by atoms with Crippen molar-refractivity contribution in [1.29, 1.82) is 0 Å². The Hall–Kier alpha value is -2.07. The van der Waals surface area contributed by atoms with Crippen molar-refractivity contribution in [3.05, 3.63) is 58.4 Å². The first-order chi connectivity index (χ1) is 8.97. The van der Waals surface area contributed by atoms with Crippen molar-refractivity contribution in [2.75, 3.05) is 5.32 Å². The summed E-state index contributed by atoms with van der Waals surface area (Å²) in [4.78, 5) is 12.0. The summed E-state index contributed by atoms with van der Waals surface area (Å²) < 4.78 is 13.1. The van der Waals surface area contributed by atoms with Gasteiger partial charge >= 0.3 is 0 Å². The number of rotatable bonds is 2. The molecule has 0 unspecified atom stereocenters. The van der Waals surface area contributed by atoms with E-state index in [-0.39, 0.29) is 11.3 Å². The second-order valence-corrected chi connectivity index (χ2v) is 4.51. The third-order valence-corrected chi connectivity index (χ3v) is 2.89. The van der Waals surface area contributed by atoms with E-state index in [2.05, 4.69) is 5.32 Å². The molecule has 0 radical (unpaired) electrons. The molecular weight excluding hydrogens is 269 g/mol. The van der Waals surface area contributed by atoms with Gasteiger partial charge in [-0.1, -0.05) is 17.7 Å². The van der Waals surface area contributed by atoms with Crippen LogP contribution >= 0.6 is 11.6 Å². The maximum absolute atomic E-state index is 13.1. The van der Waals surface area contributed by atoms with Crippen molar-refractivity contribution >= 4 is 23.2 Å². The number of phenolic OH excluding ortho intramolecular Hbond substituents is 1. The average molecular weight is 280 g/mol. The lowest BCUT2D eigenvalue weighted by molar-refractivity contribution is 0.102. The second-order valence-electron chi connectivity index (χ2n) is 4.07. The van der Waals surface area contributed by atoms with Gasteiger partial charge in [0.05, 0.1) is 5.56 Å². The fourth-order valence-corrected chi connectivity index (χ4v) is 1.78. The maximum atomic E-state index is 13.1. The van der Waals surface area contributed by atoms with Crippen molar-refractivity contribution < 1.29 is 14.3 Å². The smallest absolute Gasteiger partial charge is 0.259 e. The third kappa shape index (κ3) is 3.03. The first kappa shape index (κ1) is 13.4. The summed E-state index contributed by atoms with van der Waals surface area (Å²) in [6.07, 6.45) is 0. The minimum atomic E-state index is -0.547. The van der Waals surface area contributed by atoms with Gasteiger partial charge in [-0.3, -0.25) is 4.79 Å². The van der Waals surface area contributed by atoms with Crippen LogP contribution in [0.5, 0.6) is 5.75 Å². The minimum absolute atomic E-state index is 0.0381. The molecule has 0 aromatic heterocycles. The van der Waals surface area contributed by atoms with Crippen LogP contribution in [0.15, 0.2) is 36.4 Å². The Kier molecular flexibility index (Phi) is 3.71. The first-order valence-corrected chi connectivity index (χ1v) is 5.91. The van der Waals surface area contributed by atoms with Crippen LogP contribution in [0.4, 0.5) is 10.1 Å². The molecule has 5 heteroatoms. The fourth-order valence-electron chi connectivity index (χ4n) is 1.61. The van der Waals surface area contributed by atoms with Crippen LogP contribution in [0.1, 0.15) is 15.9 Å². The van der Waals surface area contributed by atoms with E-state index in [1.54, 1.807) is 13.0 Å². The number of halogens is 2. The number of hydrogen-bond acceptors (Lipinski definition) is 2. The molecule has 2 aromatic carbocycles. The van der Waals surface area contributed by atoms with E-state index in [0.717, 1.165) is 5.56 Å². The predicted molar refractivity (Wildman–Crippen MR) is 72.2 cm³/mol. The molecule has 2 rings (SSSR count). The number of carbonyl (C=O) groups excluding carboxylic acids is 1. The van der Waals surface area contributed by atoms with Gasteiger partial charge in [0.25, 0.3) is 5.91 Å². The quantitative estimate of drug-likeness (QED) is 0.880. The monoisotopic (exact) mass is 279 g/mol. The predicted octanol–water partition coefficient (Wildman–Crippen LogP) is 3.75. The molecule has 1 amide bonds. The SMILES string of the molecule is Cc1ccc(F)cc1NC(=O)c1cc(Cl)ccc1O. The van der Waals surface area contributed by atoms with Crippen LogP contribution in [-0.4, -0.2) is 11.0 Å². The van der Waals surface area contributed by atoms with Gasteiger partial charge in [0, 0.05) is 10.7 Å². The van der Waals surface area contributed by atoms with Gasteiger partial charge in [-0.2, -0.15) is 0 Å². The van der Waals surface area contributed by atoms with Crippen LogP contribution in [0.3, 0.4) is 0 Å². The molecule has 3 nitrogen and oxygen atoms in total. The van der Waals surface area contributed by atoms with E-state index in [4.69, 9.17) is 11.6 Å². The Labute approximate surface area is 114 Å². The molecule has 0 aliphatic rings. The topological polar surface area (TPSA) is 49.3 Å². The van der Waals surface area contributed by atoms with E-state index in [1.165, 1.54) is 30.3 Å². The number of phenols is 1. The lowest BCUT2D eigenvalue weighted by Crippen LogP contribution is -2.13. The van der Waals surface area contributed by atoms with Gasteiger partial charge in [0.2, 0.25) is 0 Å². The Morgan fingerprint density at radius 1 is 1.26 bits per heavy atom. The lowest BCUT2D eigenvalue weighted by Gasteiger charge is -2.09. The van der Waals surface area contributed by atoms with E-state index in [9.17, 15) is 14.3 Å². The van der Waals surface area contributed by atoms with Crippen LogP contribution in [0.2, 0.25) is 5.02 Å². The van der Waals surface area contributed by atoms with Crippen molar-refractivity contribution in [1.82, 2.24) is 0 Å². The Morgan fingerprint density at radius 2 is 2.00 bits per heavy atom. The molecule has 2 aromatic rings. The molecule has 2 N–H and O–H groups in total. The number of aromatic hydroxyl groups is 1. The van der Waals surface area contributed by atoms with E-state index < -0.39 is 11.7 Å². The zero-order chi connectivity index (χ0) is 14.0. The number of amides is 1. The van der Waals surface area contributed by atoms with Gasteiger partial charge in [0.1, 0.15) is 11.6 Å². The van der Waals surface area contributed by atoms with Crippen molar-refractivity contribution in [3.63, 3.8) is 0 Å². The molecule has 98 valence electrons. The molecule has 0 fully saturated rings. The highest BCUT2D eigenvalue weighted by Gasteiger charge is 2.13. The van der Waals surface area contributed by atoms with E-state index in [1.807, 2.05) is 0 Å². The number of carbonyl (C=O) groups is 1. The molecule has 0 bridgehead atoms. The standard InChI is InChI=1S/C14H11ClFNO2/c1-8-2-4-10(16)7-12(8)17-14(19)11-6-9(15)3-5-13(11)18/h2-7,18H,1H3,(H,17,19). The number of hydrogen-bond donors (Lipinski definition) is 2. The molecule has 19 heavy (non-hydrogen) atoms. The molecule has 0 saturated heterocycles. The Balaban J connectivity index is 2.30. The highest BCUT2D eigenvalue weighted by molar-refractivity contribution is 6.31. The van der Waals surface area contributed by atoms with Gasteiger partial charge in [-0.15, -0.1) is 0 Å². The first-order valence-electron chi connectivity index (χ1n) is 5.53. The number of anilines is 1. The summed E-state index contributed by atoms with van der Waals surface area (Å²) in [5, 5.41) is 12.5. The zero-order valence-corrected chi connectivity index (χ0v) is 10.8. The number of aryl methyl sites for hydroxylation is 1. The normalized spacial score (nSPS) is 10.3. The van der Waals surface area contributed by atoms with Gasteiger partial charge in [0.15, 0.2) is 0 Å². The highest BCUT2D eigenvalue weighted by atomic mass is 35.5. The molecule has 0 heterocycles. The van der Waals surface area contributed by atoms with Crippen LogP contribution < -0.4 is 5.32 Å². The average Bonchev–Trinajstić information content (AvgIpc) is 2.36. The summed E-state index contributed by atoms with van der Waals surface area (Å²) in [5.41, 5.74) is 1.11. The summed E-state index contributed by atoms with van der Waals surface area (Å²) >= 11 is 5.77. The largest absolute Gasteiger partial charge is 0.507 e. The molecule has 0 aliphatic carbocycles. The maximum Gasteiger partial charge on any atom is 0.259 e. The van der Waals surface area contributed by atoms with Gasteiger partial charge < -0.3 is 10.4 Å². The van der Waals surface area contributed by atoms with Crippen molar-refractivity contribution in [3.8, 4) is 5.75 Å². The van der Waals surface area contributed by atoms with Crippen molar-refractivity contribution in [2.45, 2.75) is 6.92 Å². The minimum Gasteiger partial charge on any atom is -0.507 e. The lowest BCUT2D eigenvalue weighted by atomic mass is 10.1. The summed E-state index contributed by atoms with van der Waals surface area (Å²) in [5.74, 6) is -1.18. The van der Waals surface area contributed by atoms with Crippen LogP contribution in [-0.2, 0) is 0 Å². The van der Waals surface area contributed by atoms with Gasteiger partial charge in [-0.25, -0.2) is 4.39 Å². The molecule has 0 aliphatic heterocycles. The van der Waals surface area contributed by atoms with Gasteiger partial charge in [-0.05, 0) is 42.8 Å². The summed E-state index contributed by atoms with van der Waals surface area (Å²) in [6, 6.07) is 8.23. The Bertz CT molecular complexity index is 643. The Morgan fingerprint density at radius 3 is 2.74 bits per heavy atom. The molecular formula is C14H11ClFNO2. The summed E-state index contributed by atoms with van der Waals surface area (Å²) in [6.45, 7) is 1.74. The van der Waals surface area contributed by atoms with E-state index in [0.29, 0.717) is 10.7 Å². The fraction of sp³-hybridized carbons (Fsp3) is 0.0714. The van der Waals surface area contributed by atoms with Crippen LogP contribution in [0, 0.1) is 12.7 Å². The van der Waals surface area contributed by atoms with Crippen molar-refractivity contribution in [2.24, 2.45) is 0 Å². The zero-order valence-electron chi connectivity index (χ0n) is 10.1. The molecule has 0 saturated carbocycles. The second kappa shape index (κ2) is 5.28.